The second-order valence-corrected chi connectivity index (χ2v) is 4.24. The summed E-state index contributed by atoms with van der Waals surface area (Å²) in [5.41, 5.74) is 7.94. The van der Waals surface area contributed by atoms with Gasteiger partial charge in [-0.25, -0.2) is 0 Å². The predicted molar refractivity (Wildman–Crippen MR) is 64.6 cm³/mol. The second kappa shape index (κ2) is 4.86. The average molecular weight is 274 g/mol. The van der Waals surface area contributed by atoms with Crippen molar-refractivity contribution in [1.29, 1.82) is 0 Å². The maximum Gasteiger partial charge on any atom is 0.166 e. The Kier molecular flexibility index (Phi) is 3.99. The van der Waals surface area contributed by atoms with Crippen LogP contribution in [0, 0.1) is 6.92 Å². The average Bonchev–Trinajstić information content (AvgIpc) is 2.20. The standard InChI is InChI=1S/C11H16BrNO2/c1-6-5-8(14-3)11(15-4)9(7(2)13)10(6)12/h5,7H,13H2,1-4H3. The fourth-order valence-electron chi connectivity index (χ4n) is 1.54. The molecule has 1 rings (SSSR count). The third kappa shape index (κ3) is 2.26. The fraction of sp³-hybridized carbons (Fsp3) is 0.455. The van der Waals surface area contributed by atoms with Crippen molar-refractivity contribution in [1.82, 2.24) is 0 Å². The van der Waals surface area contributed by atoms with Gasteiger partial charge in [-0.15, -0.1) is 0 Å². The first-order chi connectivity index (χ1) is 7.02. The molecule has 0 spiro atoms. The van der Waals surface area contributed by atoms with Gasteiger partial charge in [0.05, 0.1) is 14.2 Å². The summed E-state index contributed by atoms with van der Waals surface area (Å²) in [6, 6.07) is 1.82. The summed E-state index contributed by atoms with van der Waals surface area (Å²) in [5, 5.41) is 0. The minimum Gasteiger partial charge on any atom is -0.493 e. The first-order valence-corrected chi connectivity index (χ1v) is 5.48. The molecule has 1 atom stereocenters. The zero-order valence-corrected chi connectivity index (χ0v) is 11.0. The summed E-state index contributed by atoms with van der Waals surface area (Å²) in [7, 11) is 3.24. The van der Waals surface area contributed by atoms with Crippen LogP contribution in [0.3, 0.4) is 0 Å². The normalized spacial score (nSPS) is 12.4. The maximum absolute atomic E-state index is 5.92. The van der Waals surface area contributed by atoms with Crippen molar-refractivity contribution in [2.45, 2.75) is 19.9 Å². The molecule has 0 fully saturated rings. The molecule has 0 aliphatic heterocycles. The molecule has 0 amide bonds. The number of hydrogen-bond acceptors (Lipinski definition) is 3. The highest BCUT2D eigenvalue weighted by Crippen LogP contribution is 2.41. The first kappa shape index (κ1) is 12.3. The van der Waals surface area contributed by atoms with Crippen molar-refractivity contribution in [2.24, 2.45) is 5.73 Å². The van der Waals surface area contributed by atoms with E-state index in [2.05, 4.69) is 15.9 Å². The van der Waals surface area contributed by atoms with E-state index in [0.717, 1.165) is 15.6 Å². The molecule has 0 aliphatic rings. The molecule has 0 saturated carbocycles. The number of halogens is 1. The quantitative estimate of drug-likeness (QED) is 0.921. The van der Waals surface area contributed by atoms with Gasteiger partial charge in [-0.2, -0.15) is 0 Å². The molecule has 1 aromatic carbocycles. The van der Waals surface area contributed by atoms with Gasteiger partial charge in [0.1, 0.15) is 0 Å². The smallest absolute Gasteiger partial charge is 0.166 e. The van der Waals surface area contributed by atoms with Crippen LogP contribution >= 0.6 is 15.9 Å². The van der Waals surface area contributed by atoms with Gasteiger partial charge in [-0.05, 0) is 25.5 Å². The molecule has 84 valence electrons. The minimum atomic E-state index is -0.108. The Morgan fingerprint density at radius 2 is 1.93 bits per heavy atom. The SMILES string of the molecule is COc1cc(C)c(Br)c(C(C)N)c1OC. The van der Waals surface area contributed by atoms with Crippen LogP contribution in [0.15, 0.2) is 10.5 Å². The van der Waals surface area contributed by atoms with Crippen molar-refractivity contribution < 1.29 is 9.47 Å². The molecule has 0 aromatic heterocycles. The summed E-state index contributed by atoms with van der Waals surface area (Å²) < 4.78 is 11.6. The largest absolute Gasteiger partial charge is 0.493 e. The number of nitrogens with two attached hydrogens (primary N) is 1. The van der Waals surface area contributed by atoms with Crippen LogP contribution in [-0.4, -0.2) is 14.2 Å². The van der Waals surface area contributed by atoms with E-state index in [9.17, 15) is 0 Å². The summed E-state index contributed by atoms with van der Waals surface area (Å²) in [6.07, 6.45) is 0. The van der Waals surface area contributed by atoms with Crippen LogP contribution in [0.2, 0.25) is 0 Å². The maximum atomic E-state index is 5.92. The summed E-state index contributed by atoms with van der Waals surface area (Å²) in [5.74, 6) is 1.41. The van der Waals surface area contributed by atoms with E-state index in [0.29, 0.717) is 11.5 Å². The molecule has 0 bridgehead atoms. The zero-order chi connectivity index (χ0) is 11.6. The Morgan fingerprint density at radius 3 is 2.33 bits per heavy atom. The van der Waals surface area contributed by atoms with Crippen LogP contribution in [0.25, 0.3) is 0 Å². The summed E-state index contributed by atoms with van der Waals surface area (Å²) in [6.45, 7) is 3.92. The predicted octanol–water partition coefficient (Wildman–Crippen LogP) is 2.79. The lowest BCUT2D eigenvalue weighted by Gasteiger charge is -2.18. The Bertz CT molecular complexity index is 364. The van der Waals surface area contributed by atoms with E-state index in [4.69, 9.17) is 15.2 Å². The molecular formula is C11H16BrNO2. The highest BCUT2D eigenvalue weighted by Gasteiger charge is 2.18. The van der Waals surface area contributed by atoms with Crippen LogP contribution in [0.1, 0.15) is 24.1 Å². The van der Waals surface area contributed by atoms with E-state index in [-0.39, 0.29) is 6.04 Å². The van der Waals surface area contributed by atoms with E-state index in [1.54, 1.807) is 14.2 Å². The third-order valence-electron chi connectivity index (χ3n) is 2.28. The monoisotopic (exact) mass is 273 g/mol. The van der Waals surface area contributed by atoms with Gasteiger partial charge in [-0.1, -0.05) is 15.9 Å². The number of rotatable bonds is 3. The van der Waals surface area contributed by atoms with Crippen LogP contribution in [0.5, 0.6) is 11.5 Å². The highest BCUT2D eigenvalue weighted by molar-refractivity contribution is 9.10. The van der Waals surface area contributed by atoms with E-state index >= 15 is 0 Å². The number of ether oxygens (including phenoxy) is 2. The molecular weight excluding hydrogens is 258 g/mol. The molecule has 1 aromatic rings. The van der Waals surface area contributed by atoms with Crippen molar-refractivity contribution in [3.05, 3.63) is 21.7 Å². The van der Waals surface area contributed by atoms with Gasteiger partial charge < -0.3 is 15.2 Å². The van der Waals surface area contributed by atoms with Gasteiger partial charge in [-0.3, -0.25) is 0 Å². The van der Waals surface area contributed by atoms with Gasteiger partial charge in [0.2, 0.25) is 0 Å². The van der Waals surface area contributed by atoms with Gasteiger partial charge in [0.25, 0.3) is 0 Å². The van der Waals surface area contributed by atoms with Gasteiger partial charge >= 0.3 is 0 Å². The summed E-state index contributed by atoms with van der Waals surface area (Å²) >= 11 is 3.52. The van der Waals surface area contributed by atoms with E-state index in [1.807, 2.05) is 19.9 Å². The van der Waals surface area contributed by atoms with E-state index in [1.165, 1.54) is 0 Å². The zero-order valence-electron chi connectivity index (χ0n) is 9.43. The van der Waals surface area contributed by atoms with E-state index < -0.39 is 0 Å². The number of benzene rings is 1. The topological polar surface area (TPSA) is 44.5 Å². The van der Waals surface area contributed by atoms with Crippen molar-refractivity contribution in [3.63, 3.8) is 0 Å². The molecule has 0 heterocycles. The third-order valence-corrected chi connectivity index (χ3v) is 3.33. The lowest BCUT2D eigenvalue weighted by molar-refractivity contribution is 0.349. The molecule has 0 saturated heterocycles. The van der Waals surface area contributed by atoms with Gasteiger partial charge in [0, 0.05) is 16.1 Å². The molecule has 0 radical (unpaired) electrons. The van der Waals surface area contributed by atoms with Crippen LogP contribution < -0.4 is 15.2 Å². The molecule has 4 heteroatoms. The van der Waals surface area contributed by atoms with Crippen molar-refractivity contribution in [2.75, 3.05) is 14.2 Å². The number of hydrogen-bond donors (Lipinski definition) is 1. The highest BCUT2D eigenvalue weighted by atomic mass is 79.9. The molecule has 15 heavy (non-hydrogen) atoms. The lowest BCUT2D eigenvalue weighted by Crippen LogP contribution is -2.09. The molecule has 0 aliphatic carbocycles. The minimum absolute atomic E-state index is 0.108. The first-order valence-electron chi connectivity index (χ1n) is 4.69. The van der Waals surface area contributed by atoms with Crippen LogP contribution in [0.4, 0.5) is 0 Å². The van der Waals surface area contributed by atoms with Crippen LogP contribution in [-0.2, 0) is 0 Å². The Hall–Kier alpha value is -0.740. The van der Waals surface area contributed by atoms with Crippen molar-refractivity contribution >= 4 is 15.9 Å². The summed E-state index contributed by atoms with van der Waals surface area (Å²) in [4.78, 5) is 0. The second-order valence-electron chi connectivity index (χ2n) is 3.45. The molecule has 2 N–H and O–H groups in total. The number of methoxy groups -OCH3 is 2. The molecule has 3 nitrogen and oxygen atoms in total. The molecule has 1 unspecified atom stereocenters. The van der Waals surface area contributed by atoms with Crippen molar-refractivity contribution in [3.8, 4) is 11.5 Å². The lowest BCUT2D eigenvalue weighted by atomic mass is 10.0. The Morgan fingerprint density at radius 1 is 1.33 bits per heavy atom. The number of aryl methyl sites for hydroxylation is 1. The fourth-order valence-corrected chi connectivity index (χ4v) is 2.19. The Labute approximate surface area is 98.7 Å². The van der Waals surface area contributed by atoms with Gasteiger partial charge in [0.15, 0.2) is 11.5 Å². The Balaban J connectivity index is 3.49.